The second kappa shape index (κ2) is 6.96. The molecule has 1 N–H and O–H groups in total. The summed E-state index contributed by atoms with van der Waals surface area (Å²) in [6, 6.07) is 14.9. The molecule has 0 spiro atoms. The van der Waals surface area contributed by atoms with Crippen molar-refractivity contribution in [2.75, 3.05) is 30.9 Å². The molecule has 2 aliphatic heterocycles. The molecule has 2 aromatic carbocycles. The molecule has 1 unspecified atom stereocenters. The number of carbonyl (C=O) groups excluding carboxylic acids is 1. The summed E-state index contributed by atoms with van der Waals surface area (Å²) in [5.74, 6) is -0.0709. The molecule has 134 valence electrons. The standard InChI is InChI=1S/C22H25N3O/c1-24-12-11-16-7-8-19(13-18(16)15-24)23-22(26)10-9-20-14-17-5-3-4-6-21(17)25(20)2/h3-10,13,20H,11-12,14-15H2,1-2H3,(H,23,26). The van der Waals surface area contributed by atoms with Gasteiger partial charge in [0.1, 0.15) is 0 Å². The predicted octanol–water partition coefficient (Wildman–Crippen LogP) is 3.23. The van der Waals surface area contributed by atoms with Crippen molar-refractivity contribution in [2.45, 2.75) is 25.4 Å². The Morgan fingerprint density at radius 1 is 1.12 bits per heavy atom. The van der Waals surface area contributed by atoms with E-state index in [1.807, 2.05) is 12.1 Å². The molecular formula is C22H25N3O. The van der Waals surface area contributed by atoms with Crippen molar-refractivity contribution in [1.82, 2.24) is 4.90 Å². The Kier molecular flexibility index (Phi) is 4.51. The van der Waals surface area contributed by atoms with Gasteiger partial charge in [-0.15, -0.1) is 0 Å². The fraction of sp³-hybridized carbons (Fsp3) is 0.318. The van der Waals surface area contributed by atoms with Gasteiger partial charge in [-0.05, 0) is 54.8 Å². The molecule has 1 amide bonds. The van der Waals surface area contributed by atoms with E-state index in [-0.39, 0.29) is 11.9 Å². The Balaban J connectivity index is 1.40. The Hall–Kier alpha value is -2.59. The van der Waals surface area contributed by atoms with Crippen molar-refractivity contribution in [3.05, 3.63) is 71.3 Å². The number of hydrogen-bond donors (Lipinski definition) is 1. The highest BCUT2D eigenvalue weighted by molar-refractivity contribution is 5.99. The zero-order valence-corrected chi connectivity index (χ0v) is 15.4. The first-order chi connectivity index (χ1) is 12.6. The van der Waals surface area contributed by atoms with Crippen LogP contribution < -0.4 is 10.2 Å². The zero-order valence-electron chi connectivity index (χ0n) is 15.4. The van der Waals surface area contributed by atoms with Gasteiger partial charge < -0.3 is 15.1 Å². The van der Waals surface area contributed by atoms with E-state index in [9.17, 15) is 4.79 Å². The second-order valence-corrected chi connectivity index (χ2v) is 7.33. The van der Waals surface area contributed by atoms with Gasteiger partial charge in [0.05, 0.1) is 6.04 Å². The van der Waals surface area contributed by atoms with Crippen LogP contribution in [0, 0.1) is 0 Å². The van der Waals surface area contributed by atoms with E-state index in [4.69, 9.17) is 0 Å². The SMILES string of the molecule is CN1CCc2ccc(NC(=O)C=CC3Cc4ccccc4N3C)cc2C1. The number of amides is 1. The maximum absolute atomic E-state index is 12.4. The van der Waals surface area contributed by atoms with Crippen LogP contribution in [-0.2, 0) is 24.2 Å². The largest absolute Gasteiger partial charge is 0.368 e. The second-order valence-electron chi connectivity index (χ2n) is 7.33. The highest BCUT2D eigenvalue weighted by Gasteiger charge is 2.23. The van der Waals surface area contributed by atoms with Gasteiger partial charge in [0.15, 0.2) is 0 Å². The molecule has 0 aromatic heterocycles. The summed E-state index contributed by atoms with van der Waals surface area (Å²) in [4.78, 5) is 16.9. The molecule has 1 atom stereocenters. The van der Waals surface area contributed by atoms with Gasteiger partial charge in [0.2, 0.25) is 5.91 Å². The van der Waals surface area contributed by atoms with Crippen LogP contribution in [0.4, 0.5) is 11.4 Å². The van der Waals surface area contributed by atoms with Crippen LogP contribution in [0.3, 0.4) is 0 Å². The fourth-order valence-corrected chi connectivity index (χ4v) is 3.92. The molecule has 4 nitrogen and oxygen atoms in total. The summed E-state index contributed by atoms with van der Waals surface area (Å²) >= 11 is 0. The maximum atomic E-state index is 12.4. The van der Waals surface area contributed by atoms with E-state index >= 15 is 0 Å². The number of nitrogens with zero attached hydrogens (tertiary/aromatic N) is 2. The first kappa shape index (κ1) is 16.9. The summed E-state index contributed by atoms with van der Waals surface area (Å²) < 4.78 is 0. The minimum absolute atomic E-state index is 0.0709. The Morgan fingerprint density at radius 2 is 1.96 bits per heavy atom. The zero-order chi connectivity index (χ0) is 18.1. The van der Waals surface area contributed by atoms with Crippen LogP contribution in [0.2, 0.25) is 0 Å². The first-order valence-electron chi connectivity index (χ1n) is 9.20. The molecule has 0 saturated carbocycles. The van der Waals surface area contributed by atoms with E-state index in [1.54, 1.807) is 6.08 Å². The monoisotopic (exact) mass is 347 g/mol. The van der Waals surface area contributed by atoms with Gasteiger partial charge in [0.25, 0.3) is 0 Å². The lowest BCUT2D eigenvalue weighted by atomic mass is 9.99. The number of nitrogens with one attached hydrogen (secondary N) is 1. The molecule has 4 rings (SSSR count). The van der Waals surface area contributed by atoms with Crippen LogP contribution in [0.15, 0.2) is 54.6 Å². The van der Waals surface area contributed by atoms with Gasteiger partial charge in [-0.2, -0.15) is 0 Å². The van der Waals surface area contributed by atoms with Gasteiger partial charge in [0, 0.05) is 37.6 Å². The summed E-state index contributed by atoms with van der Waals surface area (Å²) in [6.07, 6.45) is 5.69. The van der Waals surface area contributed by atoms with E-state index < -0.39 is 0 Å². The number of likely N-dealkylation sites (N-methyl/N-ethyl adjacent to an activating group) is 2. The molecule has 2 aliphatic rings. The fourth-order valence-electron chi connectivity index (χ4n) is 3.92. The molecular weight excluding hydrogens is 322 g/mol. The third-order valence-electron chi connectivity index (χ3n) is 5.44. The summed E-state index contributed by atoms with van der Waals surface area (Å²) in [6.45, 7) is 2.04. The van der Waals surface area contributed by atoms with Gasteiger partial charge in [-0.25, -0.2) is 0 Å². The van der Waals surface area contributed by atoms with E-state index in [0.29, 0.717) is 0 Å². The average Bonchev–Trinajstić information content (AvgIpc) is 2.96. The number of hydrogen-bond acceptors (Lipinski definition) is 3. The van der Waals surface area contributed by atoms with Crippen LogP contribution in [0.1, 0.15) is 16.7 Å². The maximum Gasteiger partial charge on any atom is 0.248 e. The Morgan fingerprint density at radius 3 is 2.81 bits per heavy atom. The first-order valence-corrected chi connectivity index (χ1v) is 9.20. The van der Waals surface area contributed by atoms with Gasteiger partial charge >= 0.3 is 0 Å². The van der Waals surface area contributed by atoms with Gasteiger partial charge in [-0.3, -0.25) is 4.79 Å². The highest BCUT2D eigenvalue weighted by Crippen LogP contribution is 2.30. The van der Waals surface area contributed by atoms with E-state index in [1.165, 1.54) is 22.4 Å². The molecule has 26 heavy (non-hydrogen) atoms. The molecule has 4 heteroatoms. The lowest BCUT2D eigenvalue weighted by molar-refractivity contribution is -0.111. The van der Waals surface area contributed by atoms with Crippen LogP contribution >= 0.6 is 0 Å². The van der Waals surface area contributed by atoms with Crippen LogP contribution in [0.25, 0.3) is 0 Å². The van der Waals surface area contributed by atoms with Gasteiger partial charge in [-0.1, -0.05) is 30.3 Å². The van der Waals surface area contributed by atoms with Crippen LogP contribution in [-0.4, -0.2) is 37.5 Å². The third-order valence-corrected chi connectivity index (χ3v) is 5.44. The number of para-hydroxylation sites is 1. The summed E-state index contributed by atoms with van der Waals surface area (Å²) in [5.41, 5.74) is 6.16. The van der Waals surface area contributed by atoms with E-state index in [2.05, 4.69) is 65.6 Å². The van der Waals surface area contributed by atoms with E-state index in [0.717, 1.165) is 31.6 Å². The Labute approximate surface area is 155 Å². The summed E-state index contributed by atoms with van der Waals surface area (Å²) in [7, 11) is 4.21. The topological polar surface area (TPSA) is 35.6 Å². The molecule has 0 bridgehead atoms. The third kappa shape index (κ3) is 3.37. The van der Waals surface area contributed by atoms with Crippen LogP contribution in [0.5, 0.6) is 0 Å². The minimum atomic E-state index is -0.0709. The smallest absolute Gasteiger partial charge is 0.248 e. The average molecular weight is 347 g/mol. The molecule has 0 fully saturated rings. The molecule has 0 aliphatic carbocycles. The van der Waals surface area contributed by atoms with Crippen molar-refractivity contribution < 1.29 is 4.79 Å². The normalized spacial score (nSPS) is 19.5. The Bertz CT molecular complexity index is 858. The number of fused-ring (bicyclic) bond motifs is 2. The number of rotatable bonds is 3. The predicted molar refractivity (Wildman–Crippen MR) is 107 cm³/mol. The molecule has 2 aromatic rings. The number of benzene rings is 2. The quantitative estimate of drug-likeness (QED) is 0.866. The minimum Gasteiger partial charge on any atom is -0.368 e. The van der Waals surface area contributed by atoms with Crippen molar-refractivity contribution in [3.8, 4) is 0 Å². The van der Waals surface area contributed by atoms with Crippen molar-refractivity contribution in [2.24, 2.45) is 0 Å². The van der Waals surface area contributed by atoms with Crippen molar-refractivity contribution >= 4 is 17.3 Å². The lowest BCUT2D eigenvalue weighted by Gasteiger charge is -2.25. The number of carbonyl (C=O) groups is 1. The molecule has 0 radical (unpaired) electrons. The lowest BCUT2D eigenvalue weighted by Crippen LogP contribution is -2.26. The summed E-state index contributed by atoms with van der Waals surface area (Å²) in [5, 5.41) is 3.00. The molecule has 0 saturated heterocycles. The highest BCUT2D eigenvalue weighted by atomic mass is 16.1. The molecule has 2 heterocycles. The number of anilines is 2. The van der Waals surface area contributed by atoms with Crippen molar-refractivity contribution in [1.29, 1.82) is 0 Å². The van der Waals surface area contributed by atoms with Crippen molar-refractivity contribution in [3.63, 3.8) is 0 Å².